The Bertz CT molecular complexity index is 1220. The van der Waals surface area contributed by atoms with E-state index in [1.807, 2.05) is 26.8 Å². The third-order valence-corrected chi connectivity index (χ3v) is 10.7. The van der Waals surface area contributed by atoms with Crippen LogP contribution in [0.4, 0.5) is 4.39 Å². The van der Waals surface area contributed by atoms with Gasteiger partial charge in [0, 0.05) is 30.8 Å². The quantitative estimate of drug-likeness (QED) is 0.414. The first-order valence-corrected chi connectivity index (χ1v) is 15.3. The smallest absolute Gasteiger partial charge is 0.311 e. The Morgan fingerprint density at radius 3 is 2.34 bits per heavy atom. The molecule has 9 heteroatoms. The number of nitrogens with one attached hydrogen (secondary N) is 2. The van der Waals surface area contributed by atoms with Gasteiger partial charge >= 0.3 is 5.97 Å². The number of hydrogen-bond acceptors (Lipinski definition) is 6. The van der Waals surface area contributed by atoms with E-state index in [0.29, 0.717) is 68.6 Å². The van der Waals surface area contributed by atoms with Crippen LogP contribution in [0.3, 0.4) is 0 Å². The van der Waals surface area contributed by atoms with E-state index in [1.54, 1.807) is 6.07 Å². The zero-order chi connectivity index (χ0) is 29.2. The Morgan fingerprint density at radius 2 is 1.71 bits per heavy atom. The first-order valence-electron chi connectivity index (χ1n) is 15.3. The van der Waals surface area contributed by atoms with Crippen molar-refractivity contribution in [2.75, 3.05) is 13.7 Å². The van der Waals surface area contributed by atoms with E-state index in [9.17, 15) is 18.8 Å². The van der Waals surface area contributed by atoms with Gasteiger partial charge in [-0.1, -0.05) is 0 Å². The summed E-state index contributed by atoms with van der Waals surface area (Å²) >= 11 is 0. The number of alkyl halides is 1. The molecule has 2 N–H and O–H groups in total. The van der Waals surface area contributed by atoms with Crippen LogP contribution in [0.2, 0.25) is 0 Å². The first-order chi connectivity index (χ1) is 19.5. The van der Waals surface area contributed by atoms with Crippen LogP contribution in [-0.4, -0.2) is 54.9 Å². The van der Waals surface area contributed by atoms with Gasteiger partial charge < -0.3 is 24.8 Å². The summed E-state index contributed by atoms with van der Waals surface area (Å²) in [6.45, 7) is 6.16. The Balaban J connectivity index is 1.16. The van der Waals surface area contributed by atoms with Crippen LogP contribution in [0.25, 0.3) is 0 Å². The van der Waals surface area contributed by atoms with E-state index < -0.39 is 11.1 Å². The summed E-state index contributed by atoms with van der Waals surface area (Å²) in [6, 6.07) is 3.34. The van der Waals surface area contributed by atoms with E-state index in [2.05, 4.69) is 10.6 Å². The van der Waals surface area contributed by atoms with Crippen molar-refractivity contribution in [1.82, 2.24) is 10.6 Å². The largest absolute Gasteiger partial charge is 0.493 e. The molecule has 7 rings (SSSR count). The summed E-state index contributed by atoms with van der Waals surface area (Å²) in [5, 5.41) is 6.38. The normalized spacial score (nSPS) is 38.3. The lowest BCUT2D eigenvalue weighted by Crippen LogP contribution is -2.77. The third-order valence-electron chi connectivity index (χ3n) is 10.7. The monoisotopic (exact) mass is 570 g/mol. The summed E-state index contributed by atoms with van der Waals surface area (Å²) < 4.78 is 31.3. The number of halogens is 1. The third kappa shape index (κ3) is 4.97. The van der Waals surface area contributed by atoms with E-state index >= 15 is 0 Å². The molecule has 1 aromatic carbocycles. The Hall–Kier alpha value is -2.84. The number of carbonyl (C=O) groups is 3. The number of hydrogen-bond donors (Lipinski definition) is 2. The topological polar surface area (TPSA) is 103 Å². The molecular formula is C32H43FN2O6. The maximum atomic E-state index is 14.1. The molecule has 4 atom stereocenters. The minimum atomic E-state index is -1.07. The van der Waals surface area contributed by atoms with Gasteiger partial charge in [0.2, 0.25) is 5.91 Å². The molecule has 8 nitrogen and oxygen atoms in total. The lowest BCUT2D eigenvalue weighted by molar-refractivity contribution is -0.177. The van der Waals surface area contributed by atoms with Crippen LogP contribution in [0.1, 0.15) is 94.0 Å². The van der Waals surface area contributed by atoms with Crippen LogP contribution in [0.5, 0.6) is 11.5 Å². The van der Waals surface area contributed by atoms with E-state index in [1.165, 1.54) is 7.11 Å². The van der Waals surface area contributed by atoms with Crippen molar-refractivity contribution in [2.24, 2.45) is 23.2 Å². The number of rotatable bonds is 9. The van der Waals surface area contributed by atoms with Crippen molar-refractivity contribution in [3.63, 3.8) is 0 Å². The highest BCUT2D eigenvalue weighted by Gasteiger charge is 2.70. The van der Waals surface area contributed by atoms with Crippen molar-refractivity contribution < 1.29 is 33.0 Å². The molecule has 4 bridgehead atoms. The van der Waals surface area contributed by atoms with Crippen LogP contribution in [0, 0.1) is 30.1 Å². The van der Waals surface area contributed by atoms with E-state index in [-0.39, 0.29) is 53.2 Å². The molecule has 224 valence electrons. The SMILES string of the molecule is CCOc1cc(C)c(OC2CCC(C)(C(=O)OC)CC2)cc1C(=O)N[C@@H]1[C@H]2CC[C@H](C2)[C@@H]1C(=O)NC12CC(F)(C1)C2. The average molecular weight is 571 g/mol. The van der Waals surface area contributed by atoms with E-state index in [0.717, 1.165) is 24.8 Å². The molecule has 0 aromatic heterocycles. The summed E-state index contributed by atoms with van der Waals surface area (Å²) in [7, 11) is 1.42. The number of ether oxygens (including phenoxy) is 3. The zero-order valence-electron chi connectivity index (χ0n) is 24.6. The first kappa shape index (κ1) is 28.3. The summed E-state index contributed by atoms with van der Waals surface area (Å²) in [6.07, 6.45) is 6.85. The van der Waals surface area contributed by atoms with Gasteiger partial charge in [0.25, 0.3) is 5.91 Å². The summed E-state index contributed by atoms with van der Waals surface area (Å²) in [5.41, 5.74) is -0.685. The highest BCUT2D eigenvalue weighted by molar-refractivity contribution is 5.98. The van der Waals surface area contributed by atoms with Crippen molar-refractivity contribution in [3.8, 4) is 11.5 Å². The fourth-order valence-corrected chi connectivity index (χ4v) is 8.46. The second-order valence-electron chi connectivity index (χ2n) is 13.7. The molecule has 6 fully saturated rings. The van der Waals surface area contributed by atoms with Crippen LogP contribution in [0.15, 0.2) is 12.1 Å². The predicted molar refractivity (Wildman–Crippen MR) is 149 cm³/mol. The minimum Gasteiger partial charge on any atom is -0.493 e. The minimum absolute atomic E-state index is 0.0431. The highest BCUT2D eigenvalue weighted by atomic mass is 19.1. The van der Waals surface area contributed by atoms with Gasteiger partial charge in [0.15, 0.2) is 0 Å². The molecule has 41 heavy (non-hydrogen) atoms. The molecule has 0 unspecified atom stereocenters. The number of carbonyl (C=O) groups excluding carboxylic acids is 3. The molecule has 6 aliphatic carbocycles. The zero-order valence-corrected chi connectivity index (χ0v) is 24.6. The van der Waals surface area contributed by atoms with Gasteiger partial charge in [-0.25, -0.2) is 4.39 Å². The van der Waals surface area contributed by atoms with Crippen LogP contribution >= 0.6 is 0 Å². The van der Waals surface area contributed by atoms with Gasteiger partial charge in [-0.05, 0) is 95.2 Å². The predicted octanol–water partition coefficient (Wildman–Crippen LogP) is 4.80. The standard InChI is InChI=1S/C32H43FN2O6/c1-5-40-24-12-18(2)23(41-21-8-10-30(3,11-9-21)29(38)39-4)14-22(24)27(36)34-26-20-7-6-19(13-20)25(26)28(37)35-32-15-31(33,16-32)17-32/h12,14,19-21,25-26H,5-11,13,15-17H2,1-4H3,(H,34,36)(H,35,37)/t19-,20+,21?,25+,26-,30?,31?,32?/m1/s1. The van der Waals surface area contributed by atoms with Gasteiger partial charge in [-0.2, -0.15) is 0 Å². The molecule has 0 spiro atoms. The number of fused-ring (bicyclic) bond motifs is 2. The van der Waals surface area contributed by atoms with Gasteiger partial charge in [-0.15, -0.1) is 0 Å². The number of aryl methyl sites for hydroxylation is 1. The van der Waals surface area contributed by atoms with Gasteiger partial charge in [0.1, 0.15) is 17.2 Å². The Kier molecular flexibility index (Phi) is 7.01. The Labute approximate surface area is 241 Å². The molecule has 2 amide bonds. The molecule has 0 heterocycles. The fourth-order valence-electron chi connectivity index (χ4n) is 8.46. The molecule has 0 saturated heterocycles. The lowest BCUT2D eigenvalue weighted by Gasteiger charge is -2.66. The number of methoxy groups -OCH3 is 1. The molecule has 6 saturated carbocycles. The Morgan fingerprint density at radius 1 is 1.02 bits per heavy atom. The van der Waals surface area contributed by atoms with Crippen molar-refractivity contribution in [2.45, 2.75) is 108 Å². The van der Waals surface area contributed by atoms with Crippen LogP contribution < -0.4 is 20.1 Å². The van der Waals surface area contributed by atoms with Gasteiger partial charge in [0.05, 0.1) is 36.7 Å². The maximum absolute atomic E-state index is 14.1. The van der Waals surface area contributed by atoms with Crippen molar-refractivity contribution in [3.05, 3.63) is 23.3 Å². The summed E-state index contributed by atoms with van der Waals surface area (Å²) in [5.74, 6) is 0.799. The fraction of sp³-hybridized carbons (Fsp3) is 0.719. The molecule has 0 radical (unpaired) electrons. The lowest BCUT2D eigenvalue weighted by atomic mass is 9.47. The van der Waals surface area contributed by atoms with Gasteiger partial charge in [-0.3, -0.25) is 14.4 Å². The van der Waals surface area contributed by atoms with Crippen molar-refractivity contribution in [1.29, 1.82) is 0 Å². The second-order valence-corrected chi connectivity index (χ2v) is 13.7. The number of esters is 1. The average Bonchev–Trinajstić information content (AvgIpc) is 3.51. The maximum Gasteiger partial charge on any atom is 0.311 e. The molecule has 1 aromatic rings. The van der Waals surface area contributed by atoms with Crippen molar-refractivity contribution >= 4 is 17.8 Å². The molecule has 0 aliphatic heterocycles. The van der Waals surface area contributed by atoms with Crippen LogP contribution in [-0.2, 0) is 14.3 Å². The second kappa shape index (κ2) is 10.2. The number of amides is 2. The highest BCUT2D eigenvalue weighted by Crippen LogP contribution is 2.63. The number of benzene rings is 1. The molecule has 6 aliphatic rings. The molecular weight excluding hydrogens is 527 g/mol. The summed E-state index contributed by atoms with van der Waals surface area (Å²) in [4.78, 5) is 39.5. The van der Waals surface area contributed by atoms with E-state index in [4.69, 9.17) is 14.2 Å².